The number of unbranched alkanes of at least 4 members (excludes halogenated alkanes) is 2. The zero-order valence-corrected chi connectivity index (χ0v) is 24.5. The van der Waals surface area contributed by atoms with Crippen LogP contribution in [-0.2, 0) is 45.1 Å². The Morgan fingerprint density at radius 1 is 0.900 bits per heavy atom. The fraction of sp³-hybridized carbons (Fsp3) is 0.345. The molecular formula is C29H45Hf-7. The van der Waals surface area contributed by atoms with Crippen molar-refractivity contribution in [1.29, 1.82) is 0 Å². The van der Waals surface area contributed by atoms with Crippen molar-refractivity contribution in [3.05, 3.63) is 108 Å². The van der Waals surface area contributed by atoms with E-state index in [0.717, 1.165) is 0 Å². The molecule has 0 atom stereocenters. The molecule has 1 aliphatic carbocycles. The van der Waals surface area contributed by atoms with E-state index in [4.69, 9.17) is 0 Å². The van der Waals surface area contributed by atoms with Gasteiger partial charge in [0.25, 0.3) is 0 Å². The average Bonchev–Trinajstić information content (AvgIpc) is 3.25. The number of aryl methyl sites for hydroxylation is 1. The fourth-order valence-electron chi connectivity index (χ4n) is 3.93. The summed E-state index contributed by atoms with van der Waals surface area (Å²) in [6.07, 6.45) is 7.73. The van der Waals surface area contributed by atoms with Gasteiger partial charge in [0.15, 0.2) is 0 Å². The first-order valence-corrected chi connectivity index (χ1v) is 9.46. The predicted molar refractivity (Wildman–Crippen MR) is 138 cm³/mol. The van der Waals surface area contributed by atoms with Gasteiger partial charge < -0.3 is 37.1 Å². The maximum absolute atomic E-state index is 2.49. The van der Waals surface area contributed by atoms with Gasteiger partial charge in [0.2, 0.25) is 0 Å². The monoisotopic (exact) mass is 573 g/mol. The van der Waals surface area contributed by atoms with Gasteiger partial charge in [-0.1, -0.05) is 57.6 Å². The third kappa shape index (κ3) is 9.46. The van der Waals surface area contributed by atoms with Gasteiger partial charge in [-0.25, -0.2) is 12.1 Å². The third-order valence-electron chi connectivity index (χ3n) is 5.13. The molecule has 0 bridgehead atoms. The summed E-state index contributed by atoms with van der Waals surface area (Å²) in [7, 11) is 0. The molecule has 4 rings (SSSR count). The van der Waals surface area contributed by atoms with Crippen LogP contribution < -0.4 is 0 Å². The molecule has 0 heterocycles. The molecule has 0 aromatic heterocycles. The summed E-state index contributed by atoms with van der Waals surface area (Å²) >= 11 is 0. The van der Waals surface area contributed by atoms with Crippen molar-refractivity contribution in [2.45, 2.75) is 59.3 Å². The molecule has 1 aliphatic rings. The summed E-state index contributed by atoms with van der Waals surface area (Å²) in [5, 5.41) is 2.98. The van der Waals surface area contributed by atoms with E-state index in [9.17, 15) is 0 Å². The average molecular weight is 572 g/mol. The van der Waals surface area contributed by atoms with E-state index in [1.54, 1.807) is 16.7 Å². The molecule has 0 amide bonds. The molecular weight excluding hydrogens is 527 g/mol. The van der Waals surface area contributed by atoms with Gasteiger partial charge in [-0.3, -0.25) is 0 Å². The topological polar surface area (TPSA) is 0 Å². The van der Waals surface area contributed by atoms with Crippen LogP contribution in [0.4, 0.5) is 0 Å². The van der Waals surface area contributed by atoms with E-state index in [-0.39, 0.29) is 63.0 Å². The minimum Gasteiger partial charge on any atom is -0.358 e. The largest absolute Gasteiger partial charge is 0.358 e. The van der Waals surface area contributed by atoms with Crippen molar-refractivity contribution < 1.29 is 25.8 Å². The van der Waals surface area contributed by atoms with Crippen molar-refractivity contribution in [1.82, 2.24) is 0 Å². The molecule has 3 aromatic rings. The van der Waals surface area contributed by atoms with Crippen LogP contribution in [0.1, 0.15) is 56.7 Å². The molecule has 3 aromatic carbocycles. The van der Waals surface area contributed by atoms with E-state index < -0.39 is 0 Å². The number of fused-ring (bicyclic) bond motifs is 2. The predicted octanol–water partition coefficient (Wildman–Crippen LogP) is 9.07. The minimum atomic E-state index is 0. The normalized spacial score (nSPS) is 12.1. The van der Waals surface area contributed by atoms with E-state index in [0.29, 0.717) is 5.41 Å². The van der Waals surface area contributed by atoms with Crippen molar-refractivity contribution >= 4 is 10.8 Å². The van der Waals surface area contributed by atoms with Crippen LogP contribution in [-0.4, -0.2) is 0 Å². The van der Waals surface area contributed by atoms with Crippen molar-refractivity contribution in [3.63, 3.8) is 0 Å². The minimum absolute atomic E-state index is 0. The van der Waals surface area contributed by atoms with E-state index >= 15 is 0 Å². The maximum Gasteiger partial charge on any atom is 0 e. The molecule has 0 unspecified atom stereocenters. The first-order chi connectivity index (χ1) is 11.6. The smallest absolute Gasteiger partial charge is 0 e. The Bertz CT molecular complexity index is 742. The van der Waals surface area contributed by atoms with Gasteiger partial charge in [0.05, 0.1) is 0 Å². The number of hydrogen-bond acceptors (Lipinski definition) is 0. The molecule has 0 aliphatic heterocycles. The second-order valence-corrected chi connectivity index (χ2v) is 8.00. The molecule has 172 valence electrons. The van der Waals surface area contributed by atoms with Crippen LogP contribution in [0.15, 0.2) is 54.6 Å². The van der Waals surface area contributed by atoms with Gasteiger partial charge >= 0.3 is 0 Å². The Morgan fingerprint density at radius 3 is 1.97 bits per heavy atom. The Hall–Kier alpha value is -0.950. The van der Waals surface area contributed by atoms with Crippen molar-refractivity contribution in [2.75, 3.05) is 0 Å². The summed E-state index contributed by atoms with van der Waals surface area (Å²) in [5.74, 6) is 0. The van der Waals surface area contributed by atoms with E-state index in [1.165, 1.54) is 49.3 Å². The molecule has 1 heteroatoms. The van der Waals surface area contributed by atoms with Crippen LogP contribution in [0.2, 0.25) is 0 Å². The number of rotatable bonds is 4. The van der Waals surface area contributed by atoms with Crippen LogP contribution in [0, 0.1) is 42.5 Å². The number of hydrogen-bond donors (Lipinski definition) is 0. The Morgan fingerprint density at radius 2 is 1.47 bits per heavy atom. The van der Waals surface area contributed by atoms with Crippen molar-refractivity contribution in [3.8, 4) is 0 Å². The van der Waals surface area contributed by atoms with Gasteiger partial charge in [-0.05, 0) is 18.3 Å². The second kappa shape index (κ2) is 16.7. The second-order valence-electron chi connectivity index (χ2n) is 8.00. The van der Waals surface area contributed by atoms with E-state index in [1.807, 2.05) is 30.3 Å². The molecule has 30 heavy (non-hydrogen) atoms. The first-order valence-electron chi connectivity index (χ1n) is 9.46. The number of benzene rings is 1. The standard InChI is InChI=1S/C19H25.C5H5.5CH3.Hf/c1-4-5-6-7-14-8-9-15-10-16-12-19(2,3)13-17(16)11-18(14)15;1-2-4-5-3-1;;;;;;/h8-11H,4-7,12-13H2,1-3H3;1-5H;5*1H3;/q7*-1;. The van der Waals surface area contributed by atoms with Gasteiger partial charge in [0, 0.05) is 25.8 Å². The van der Waals surface area contributed by atoms with Crippen LogP contribution >= 0.6 is 0 Å². The Balaban J connectivity index is -0.000000274. The van der Waals surface area contributed by atoms with Crippen molar-refractivity contribution in [2.24, 2.45) is 5.41 Å². The summed E-state index contributed by atoms with van der Waals surface area (Å²) in [6.45, 7) is 7.05. The van der Waals surface area contributed by atoms with Crippen LogP contribution in [0.25, 0.3) is 10.8 Å². The first kappa shape index (κ1) is 36.4. The molecule has 0 spiro atoms. The summed E-state index contributed by atoms with van der Waals surface area (Å²) < 4.78 is 0. The van der Waals surface area contributed by atoms with E-state index in [2.05, 4.69) is 45.0 Å². The van der Waals surface area contributed by atoms with Gasteiger partial charge in [-0.15, -0.1) is 34.5 Å². The molecule has 0 saturated heterocycles. The zero-order valence-electron chi connectivity index (χ0n) is 20.9. The molecule has 0 N–H and O–H groups in total. The SMILES string of the molecule is CCCCC[c-]1ccc2cc3c(cc21)CC(C)(C)C3.[CH3-].[CH3-].[CH3-].[CH3-].[CH3-].[Hf].c1cc[cH-]c1. The summed E-state index contributed by atoms with van der Waals surface area (Å²) in [5.41, 5.74) is 5.21. The molecule has 0 nitrogen and oxygen atoms in total. The van der Waals surface area contributed by atoms with Crippen LogP contribution in [0.3, 0.4) is 0 Å². The van der Waals surface area contributed by atoms with Crippen LogP contribution in [0.5, 0.6) is 0 Å². The Kier molecular flexibility index (Phi) is 20.3. The molecule has 0 fully saturated rings. The van der Waals surface area contributed by atoms with Gasteiger partial charge in [0.1, 0.15) is 0 Å². The summed E-state index contributed by atoms with van der Waals surface area (Å²) in [4.78, 5) is 0. The van der Waals surface area contributed by atoms with Gasteiger partial charge in [-0.2, -0.15) is 24.3 Å². The quantitative estimate of drug-likeness (QED) is 0.166. The Labute approximate surface area is 209 Å². The fourth-order valence-corrected chi connectivity index (χ4v) is 3.93. The molecule has 0 saturated carbocycles. The third-order valence-corrected chi connectivity index (χ3v) is 5.13. The zero-order chi connectivity index (χ0) is 17.0. The molecule has 0 radical (unpaired) electrons. The maximum atomic E-state index is 2.49. The summed E-state index contributed by atoms with van der Waals surface area (Å²) in [6, 6.07) is 19.6.